The lowest BCUT2D eigenvalue weighted by molar-refractivity contribution is 0.104. The van der Waals surface area contributed by atoms with Gasteiger partial charge in [0.15, 0.2) is 5.78 Å². The van der Waals surface area contributed by atoms with Crippen molar-refractivity contribution < 1.29 is 28.5 Å². The van der Waals surface area contributed by atoms with Gasteiger partial charge in [0.2, 0.25) is 0 Å². The molecule has 0 fully saturated rings. The Bertz CT molecular complexity index is 1110. The second kappa shape index (κ2) is 12.0. The number of ketones is 1. The first-order chi connectivity index (χ1) is 16.5. The maximum atomic E-state index is 13.5. The van der Waals surface area contributed by atoms with Crippen LogP contribution in [0.5, 0.6) is 28.7 Å². The Morgan fingerprint density at radius 2 is 1.21 bits per heavy atom. The smallest absolute Gasteiger partial charge is 0.199 e. The van der Waals surface area contributed by atoms with Gasteiger partial charge in [-0.25, -0.2) is 0 Å². The number of carbonyl (C=O) groups is 1. The lowest BCUT2D eigenvalue weighted by Gasteiger charge is -2.14. The highest BCUT2D eigenvalue weighted by Gasteiger charge is 2.18. The zero-order valence-electron chi connectivity index (χ0n) is 19.9. The normalized spacial score (nSPS) is 11.0. The van der Waals surface area contributed by atoms with E-state index in [1.54, 1.807) is 78.0 Å². The Hall–Kier alpha value is -3.58. The van der Waals surface area contributed by atoms with Gasteiger partial charge in [0.25, 0.3) is 0 Å². The molecule has 0 aliphatic carbocycles. The summed E-state index contributed by atoms with van der Waals surface area (Å²) in [5.41, 5.74) is 2.28. The largest absolute Gasteiger partial charge is 0.497 e. The monoisotopic (exact) mass is 480 g/mol. The number of allylic oxidation sites excluding steroid dienone is 1. The molecule has 0 aliphatic rings. The predicted octanol–water partition coefficient (Wildman–Crippen LogP) is 5.89. The van der Waals surface area contributed by atoms with E-state index in [1.165, 1.54) is 11.8 Å². The van der Waals surface area contributed by atoms with Crippen molar-refractivity contribution in [1.82, 2.24) is 0 Å². The minimum absolute atomic E-state index is 0.110. The molecule has 6 nitrogen and oxygen atoms in total. The number of rotatable bonds is 11. The standard InChI is InChI=1S/C27H28O6S/c1-29-20-10-6-18(7-11-20)17-34-26(27(28)19-8-12-21(30-2)13-9-19)16-23-24(32-4)14-22(31-3)15-25(23)33-5/h6-16H,17H2,1-5H3/b26-16-. The fourth-order valence-electron chi connectivity index (χ4n) is 3.25. The molecule has 0 aliphatic heterocycles. The third-order valence-electron chi connectivity index (χ3n) is 5.16. The first kappa shape index (κ1) is 25.1. The lowest BCUT2D eigenvalue weighted by Crippen LogP contribution is -2.03. The summed E-state index contributed by atoms with van der Waals surface area (Å²) in [5, 5.41) is 0. The van der Waals surface area contributed by atoms with Gasteiger partial charge in [-0.3, -0.25) is 4.79 Å². The fraction of sp³-hybridized carbons (Fsp3) is 0.222. The van der Waals surface area contributed by atoms with Crippen LogP contribution in [0.2, 0.25) is 0 Å². The van der Waals surface area contributed by atoms with Crippen LogP contribution >= 0.6 is 11.8 Å². The third-order valence-corrected chi connectivity index (χ3v) is 6.25. The molecule has 0 amide bonds. The third kappa shape index (κ3) is 6.05. The summed E-state index contributed by atoms with van der Waals surface area (Å²) in [6.45, 7) is 0. The molecule has 0 heterocycles. The number of methoxy groups -OCH3 is 5. The van der Waals surface area contributed by atoms with Gasteiger partial charge in [-0.15, -0.1) is 11.8 Å². The quantitative estimate of drug-likeness (QED) is 0.251. The molecule has 0 spiro atoms. The number of hydrogen-bond acceptors (Lipinski definition) is 7. The maximum Gasteiger partial charge on any atom is 0.199 e. The van der Waals surface area contributed by atoms with Gasteiger partial charge in [-0.1, -0.05) is 12.1 Å². The van der Waals surface area contributed by atoms with Crippen molar-refractivity contribution in [3.05, 3.63) is 82.3 Å². The predicted molar refractivity (Wildman–Crippen MR) is 136 cm³/mol. The van der Waals surface area contributed by atoms with Crippen LogP contribution in [0.15, 0.2) is 65.6 Å². The van der Waals surface area contributed by atoms with E-state index in [-0.39, 0.29) is 5.78 Å². The van der Waals surface area contributed by atoms with E-state index in [1.807, 2.05) is 24.3 Å². The Morgan fingerprint density at radius 1 is 0.706 bits per heavy atom. The minimum atomic E-state index is -0.110. The number of Topliss-reactive ketones (excluding diaryl/α,β-unsaturated/α-hetero) is 1. The highest BCUT2D eigenvalue weighted by Crippen LogP contribution is 2.38. The molecule has 0 atom stereocenters. The summed E-state index contributed by atoms with van der Waals surface area (Å²) < 4.78 is 27.0. The molecule has 3 rings (SSSR count). The molecule has 34 heavy (non-hydrogen) atoms. The fourth-order valence-corrected chi connectivity index (χ4v) is 4.21. The van der Waals surface area contributed by atoms with Crippen molar-refractivity contribution >= 4 is 23.6 Å². The van der Waals surface area contributed by atoms with Crippen LogP contribution in [-0.2, 0) is 5.75 Å². The second-order valence-corrected chi connectivity index (χ2v) is 8.17. The summed E-state index contributed by atoms with van der Waals surface area (Å²) >= 11 is 1.44. The van der Waals surface area contributed by atoms with Crippen molar-refractivity contribution in [1.29, 1.82) is 0 Å². The van der Waals surface area contributed by atoms with Crippen LogP contribution in [0.4, 0.5) is 0 Å². The van der Waals surface area contributed by atoms with Crippen LogP contribution < -0.4 is 23.7 Å². The molecular weight excluding hydrogens is 452 g/mol. The molecule has 178 valence electrons. The maximum absolute atomic E-state index is 13.5. The minimum Gasteiger partial charge on any atom is -0.497 e. The number of benzene rings is 3. The molecule has 3 aromatic rings. The number of thioether (sulfide) groups is 1. The zero-order valence-corrected chi connectivity index (χ0v) is 20.7. The molecule has 0 saturated carbocycles. The zero-order chi connectivity index (χ0) is 24.5. The highest BCUT2D eigenvalue weighted by atomic mass is 32.2. The van der Waals surface area contributed by atoms with Crippen molar-refractivity contribution in [2.24, 2.45) is 0 Å². The van der Waals surface area contributed by atoms with E-state index in [0.29, 0.717) is 44.8 Å². The summed E-state index contributed by atoms with van der Waals surface area (Å²) in [4.78, 5) is 14.1. The molecule has 0 saturated heterocycles. The van der Waals surface area contributed by atoms with Gasteiger partial charge in [0.1, 0.15) is 28.7 Å². The van der Waals surface area contributed by atoms with Gasteiger partial charge in [0, 0.05) is 23.4 Å². The average Bonchev–Trinajstić information content (AvgIpc) is 2.90. The SMILES string of the molecule is COc1ccc(CS/C(=C\c2c(OC)cc(OC)cc2OC)C(=O)c2ccc(OC)cc2)cc1. The van der Waals surface area contributed by atoms with Crippen LogP contribution in [0.3, 0.4) is 0 Å². The Labute approximate surface area is 204 Å². The van der Waals surface area contributed by atoms with E-state index in [2.05, 4.69) is 0 Å². The van der Waals surface area contributed by atoms with Gasteiger partial charge >= 0.3 is 0 Å². The van der Waals surface area contributed by atoms with Crippen molar-refractivity contribution in [3.63, 3.8) is 0 Å². The van der Waals surface area contributed by atoms with E-state index in [9.17, 15) is 4.79 Å². The molecular formula is C27H28O6S. The average molecular weight is 481 g/mol. The molecule has 3 aromatic carbocycles. The van der Waals surface area contributed by atoms with E-state index in [4.69, 9.17) is 23.7 Å². The van der Waals surface area contributed by atoms with Crippen molar-refractivity contribution in [2.45, 2.75) is 5.75 Å². The highest BCUT2D eigenvalue weighted by molar-refractivity contribution is 8.03. The van der Waals surface area contributed by atoms with Crippen LogP contribution in [0.1, 0.15) is 21.5 Å². The summed E-state index contributed by atoms with van der Waals surface area (Å²) in [6, 6.07) is 18.3. The van der Waals surface area contributed by atoms with Crippen LogP contribution in [0, 0.1) is 0 Å². The van der Waals surface area contributed by atoms with Crippen molar-refractivity contribution in [2.75, 3.05) is 35.5 Å². The first-order valence-electron chi connectivity index (χ1n) is 10.5. The van der Waals surface area contributed by atoms with Gasteiger partial charge < -0.3 is 23.7 Å². The van der Waals surface area contributed by atoms with Gasteiger partial charge in [0.05, 0.1) is 46.0 Å². The van der Waals surface area contributed by atoms with E-state index in [0.717, 1.165) is 11.3 Å². The molecule has 7 heteroatoms. The van der Waals surface area contributed by atoms with Crippen LogP contribution in [-0.4, -0.2) is 41.3 Å². The molecule has 0 bridgehead atoms. The van der Waals surface area contributed by atoms with Gasteiger partial charge in [-0.2, -0.15) is 0 Å². The Kier molecular flexibility index (Phi) is 8.87. The summed E-state index contributed by atoms with van der Waals surface area (Å²) in [5.74, 6) is 3.64. The molecule has 0 unspecified atom stereocenters. The second-order valence-electron chi connectivity index (χ2n) is 7.15. The first-order valence-corrected chi connectivity index (χ1v) is 11.5. The Balaban J connectivity index is 2.02. The van der Waals surface area contributed by atoms with Crippen molar-refractivity contribution in [3.8, 4) is 28.7 Å². The van der Waals surface area contributed by atoms with Crippen LogP contribution in [0.25, 0.3) is 6.08 Å². The Morgan fingerprint density at radius 3 is 1.68 bits per heavy atom. The molecule has 0 N–H and O–H groups in total. The summed E-state index contributed by atoms with van der Waals surface area (Å²) in [7, 11) is 7.94. The van der Waals surface area contributed by atoms with E-state index >= 15 is 0 Å². The topological polar surface area (TPSA) is 63.2 Å². The molecule has 0 aromatic heterocycles. The molecule has 0 radical (unpaired) electrons. The lowest BCUT2D eigenvalue weighted by atomic mass is 10.1. The number of ether oxygens (including phenoxy) is 5. The summed E-state index contributed by atoms with van der Waals surface area (Å²) in [6.07, 6.45) is 1.80. The van der Waals surface area contributed by atoms with E-state index < -0.39 is 0 Å². The number of hydrogen-bond donors (Lipinski definition) is 0. The van der Waals surface area contributed by atoms with Gasteiger partial charge in [-0.05, 0) is 48.0 Å². The number of carbonyl (C=O) groups excluding carboxylic acids is 1.